The minimum absolute atomic E-state index is 0.0208. The summed E-state index contributed by atoms with van der Waals surface area (Å²) >= 11 is 1.42. The SMILES string of the molecule is Cc1ncc(C(=O)NC2CC(N)C2)s1. The molecular formula is C9H13N3OS. The van der Waals surface area contributed by atoms with E-state index in [4.69, 9.17) is 5.73 Å². The van der Waals surface area contributed by atoms with Gasteiger partial charge in [-0.15, -0.1) is 11.3 Å². The van der Waals surface area contributed by atoms with Gasteiger partial charge in [-0.3, -0.25) is 4.79 Å². The predicted octanol–water partition coefficient (Wildman–Crippen LogP) is 0.671. The van der Waals surface area contributed by atoms with Crippen LogP contribution in [0.1, 0.15) is 27.5 Å². The molecule has 1 aliphatic rings. The number of thiazole rings is 1. The Balaban J connectivity index is 1.90. The Morgan fingerprint density at radius 1 is 1.71 bits per heavy atom. The van der Waals surface area contributed by atoms with E-state index in [2.05, 4.69) is 10.3 Å². The Hall–Kier alpha value is -0.940. The zero-order chi connectivity index (χ0) is 10.1. The number of aryl methyl sites for hydroxylation is 1. The number of rotatable bonds is 2. The smallest absolute Gasteiger partial charge is 0.263 e. The normalized spacial score (nSPS) is 25.6. The van der Waals surface area contributed by atoms with Crippen molar-refractivity contribution in [1.82, 2.24) is 10.3 Å². The van der Waals surface area contributed by atoms with Gasteiger partial charge in [-0.25, -0.2) is 4.98 Å². The number of aromatic nitrogens is 1. The molecule has 1 fully saturated rings. The van der Waals surface area contributed by atoms with Crippen LogP contribution in [0.5, 0.6) is 0 Å². The molecule has 1 aromatic heterocycles. The van der Waals surface area contributed by atoms with E-state index >= 15 is 0 Å². The molecule has 0 spiro atoms. The van der Waals surface area contributed by atoms with Crippen LogP contribution >= 0.6 is 11.3 Å². The molecule has 2 rings (SSSR count). The fourth-order valence-electron chi connectivity index (χ4n) is 1.50. The summed E-state index contributed by atoms with van der Waals surface area (Å²) in [6, 6.07) is 0.531. The predicted molar refractivity (Wildman–Crippen MR) is 55.3 cm³/mol. The number of nitrogens with one attached hydrogen (secondary N) is 1. The van der Waals surface area contributed by atoms with E-state index < -0.39 is 0 Å². The van der Waals surface area contributed by atoms with E-state index in [0.29, 0.717) is 4.88 Å². The number of hydrogen-bond donors (Lipinski definition) is 2. The highest BCUT2D eigenvalue weighted by molar-refractivity contribution is 7.13. The molecule has 0 saturated heterocycles. The highest BCUT2D eigenvalue weighted by Gasteiger charge is 2.27. The molecule has 1 aliphatic carbocycles. The fourth-order valence-corrected chi connectivity index (χ4v) is 2.18. The van der Waals surface area contributed by atoms with Crippen molar-refractivity contribution < 1.29 is 4.79 Å². The van der Waals surface area contributed by atoms with Crippen molar-refractivity contribution in [2.24, 2.45) is 5.73 Å². The molecular weight excluding hydrogens is 198 g/mol. The minimum Gasteiger partial charge on any atom is -0.348 e. The summed E-state index contributed by atoms with van der Waals surface area (Å²) in [5.41, 5.74) is 5.63. The first-order chi connectivity index (χ1) is 6.65. The topological polar surface area (TPSA) is 68.0 Å². The van der Waals surface area contributed by atoms with Gasteiger partial charge in [-0.05, 0) is 19.8 Å². The number of nitrogens with two attached hydrogens (primary N) is 1. The van der Waals surface area contributed by atoms with Crippen LogP contribution in [0.25, 0.3) is 0 Å². The molecule has 5 heteroatoms. The van der Waals surface area contributed by atoms with E-state index in [9.17, 15) is 4.79 Å². The molecule has 1 heterocycles. The average Bonchev–Trinajstić information content (AvgIpc) is 2.49. The van der Waals surface area contributed by atoms with E-state index in [1.54, 1.807) is 6.20 Å². The molecule has 0 unspecified atom stereocenters. The van der Waals surface area contributed by atoms with Crippen LogP contribution < -0.4 is 11.1 Å². The Morgan fingerprint density at radius 3 is 2.93 bits per heavy atom. The molecule has 0 aliphatic heterocycles. The second-order valence-electron chi connectivity index (χ2n) is 3.65. The summed E-state index contributed by atoms with van der Waals surface area (Å²) in [5.74, 6) is -0.0208. The lowest BCUT2D eigenvalue weighted by atomic mass is 9.87. The monoisotopic (exact) mass is 211 g/mol. The molecule has 0 atom stereocenters. The van der Waals surface area contributed by atoms with Gasteiger partial charge >= 0.3 is 0 Å². The summed E-state index contributed by atoms with van der Waals surface area (Å²) in [4.78, 5) is 16.3. The summed E-state index contributed by atoms with van der Waals surface area (Å²) < 4.78 is 0. The Morgan fingerprint density at radius 2 is 2.43 bits per heavy atom. The van der Waals surface area contributed by atoms with Crippen molar-refractivity contribution in [1.29, 1.82) is 0 Å². The van der Waals surface area contributed by atoms with Gasteiger partial charge in [0.2, 0.25) is 0 Å². The van der Waals surface area contributed by atoms with Crippen molar-refractivity contribution in [3.63, 3.8) is 0 Å². The summed E-state index contributed by atoms with van der Waals surface area (Å²) in [6.07, 6.45) is 3.40. The number of hydrogen-bond acceptors (Lipinski definition) is 4. The van der Waals surface area contributed by atoms with Crippen molar-refractivity contribution >= 4 is 17.2 Å². The van der Waals surface area contributed by atoms with Crippen LogP contribution in [0.2, 0.25) is 0 Å². The molecule has 0 bridgehead atoms. The molecule has 1 amide bonds. The maximum absolute atomic E-state index is 11.6. The largest absolute Gasteiger partial charge is 0.348 e. The van der Waals surface area contributed by atoms with Crippen molar-refractivity contribution in [3.05, 3.63) is 16.1 Å². The third-order valence-electron chi connectivity index (χ3n) is 2.35. The quantitative estimate of drug-likeness (QED) is 0.755. The van der Waals surface area contributed by atoms with E-state index in [1.165, 1.54) is 11.3 Å². The molecule has 0 radical (unpaired) electrons. The zero-order valence-electron chi connectivity index (χ0n) is 7.99. The van der Waals surface area contributed by atoms with Gasteiger partial charge in [0.1, 0.15) is 4.88 Å². The van der Waals surface area contributed by atoms with Gasteiger partial charge in [0, 0.05) is 12.1 Å². The molecule has 1 aromatic rings. The first-order valence-corrected chi connectivity index (χ1v) is 5.45. The van der Waals surface area contributed by atoms with Crippen LogP contribution in [0.3, 0.4) is 0 Å². The second kappa shape index (κ2) is 3.67. The summed E-state index contributed by atoms with van der Waals surface area (Å²) in [7, 11) is 0. The molecule has 76 valence electrons. The third kappa shape index (κ3) is 1.93. The molecule has 0 aromatic carbocycles. The molecule has 4 nitrogen and oxygen atoms in total. The lowest BCUT2D eigenvalue weighted by Gasteiger charge is -2.32. The van der Waals surface area contributed by atoms with Crippen LogP contribution in [-0.2, 0) is 0 Å². The Labute approximate surface area is 86.5 Å². The third-order valence-corrected chi connectivity index (χ3v) is 3.27. The number of carbonyl (C=O) groups excluding carboxylic acids is 1. The van der Waals surface area contributed by atoms with Crippen LogP contribution in [-0.4, -0.2) is 23.0 Å². The lowest BCUT2D eigenvalue weighted by molar-refractivity contribution is 0.0914. The Kier molecular flexibility index (Phi) is 2.52. The Bertz CT molecular complexity index is 344. The van der Waals surface area contributed by atoms with Crippen molar-refractivity contribution in [3.8, 4) is 0 Å². The maximum atomic E-state index is 11.6. The van der Waals surface area contributed by atoms with Crippen LogP contribution in [0.15, 0.2) is 6.20 Å². The standard InChI is InChI=1S/C9H13N3OS/c1-5-11-4-8(14-5)9(13)12-7-2-6(10)3-7/h4,6-7H,2-3,10H2,1H3,(H,12,13). The average molecular weight is 211 g/mol. The highest BCUT2D eigenvalue weighted by atomic mass is 32.1. The van der Waals surface area contributed by atoms with Gasteiger partial charge in [-0.1, -0.05) is 0 Å². The first kappa shape index (κ1) is 9.61. The van der Waals surface area contributed by atoms with Crippen molar-refractivity contribution in [2.75, 3.05) is 0 Å². The van der Waals surface area contributed by atoms with Crippen LogP contribution in [0, 0.1) is 6.92 Å². The van der Waals surface area contributed by atoms with Gasteiger partial charge in [0.15, 0.2) is 0 Å². The lowest BCUT2D eigenvalue weighted by Crippen LogP contribution is -2.50. The fraction of sp³-hybridized carbons (Fsp3) is 0.556. The number of amides is 1. The number of carbonyl (C=O) groups is 1. The maximum Gasteiger partial charge on any atom is 0.263 e. The number of nitrogens with zero attached hydrogens (tertiary/aromatic N) is 1. The van der Waals surface area contributed by atoms with Gasteiger partial charge in [0.25, 0.3) is 5.91 Å². The summed E-state index contributed by atoms with van der Waals surface area (Å²) in [5, 5.41) is 3.84. The molecule has 14 heavy (non-hydrogen) atoms. The zero-order valence-corrected chi connectivity index (χ0v) is 8.80. The summed E-state index contributed by atoms with van der Waals surface area (Å²) in [6.45, 7) is 1.89. The highest BCUT2D eigenvalue weighted by Crippen LogP contribution is 2.19. The first-order valence-electron chi connectivity index (χ1n) is 4.64. The van der Waals surface area contributed by atoms with Crippen molar-refractivity contribution in [2.45, 2.75) is 31.8 Å². The van der Waals surface area contributed by atoms with Gasteiger partial charge in [0.05, 0.1) is 11.2 Å². The molecule has 3 N–H and O–H groups in total. The van der Waals surface area contributed by atoms with Gasteiger partial charge < -0.3 is 11.1 Å². The molecule has 1 saturated carbocycles. The minimum atomic E-state index is -0.0208. The van der Waals surface area contributed by atoms with E-state index in [-0.39, 0.29) is 18.0 Å². The second-order valence-corrected chi connectivity index (χ2v) is 4.88. The van der Waals surface area contributed by atoms with E-state index in [1.807, 2.05) is 6.92 Å². The van der Waals surface area contributed by atoms with Crippen LogP contribution in [0.4, 0.5) is 0 Å². The van der Waals surface area contributed by atoms with Gasteiger partial charge in [-0.2, -0.15) is 0 Å². The van der Waals surface area contributed by atoms with E-state index in [0.717, 1.165) is 17.8 Å².